The summed E-state index contributed by atoms with van der Waals surface area (Å²) < 4.78 is 18.6. The van der Waals surface area contributed by atoms with Crippen molar-refractivity contribution in [2.24, 2.45) is 11.3 Å². The van der Waals surface area contributed by atoms with E-state index >= 15 is 0 Å². The molecule has 0 aliphatic carbocycles. The minimum Gasteiger partial charge on any atom is -0.380 e. The van der Waals surface area contributed by atoms with Crippen LogP contribution in [0.1, 0.15) is 5.56 Å². The van der Waals surface area contributed by atoms with E-state index in [0.29, 0.717) is 38.8 Å². The normalized spacial score (nSPS) is 25.0. The Labute approximate surface area is 144 Å². The topological polar surface area (TPSA) is 80.2 Å². The molecule has 2 saturated heterocycles. The van der Waals surface area contributed by atoms with Crippen LogP contribution in [0.15, 0.2) is 36.9 Å². The molecule has 0 saturated carbocycles. The van der Waals surface area contributed by atoms with E-state index in [1.165, 1.54) is 0 Å². The smallest absolute Gasteiger partial charge is 0.231 e. The van der Waals surface area contributed by atoms with Gasteiger partial charge >= 0.3 is 0 Å². The zero-order valence-corrected chi connectivity index (χ0v) is 13.6. The van der Waals surface area contributed by atoms with Crippen LogP contribution in [-0.2, 0) is 16.1 Å². The van der Waals surface area contributed by atoms with E-state index in [2.05, 4.69) is 20.3 Å². The van der Waals surface area contributed by atoms with Crippen molar-refractivity contribution in [2.45, 2.75) is 6.54 Å². The van der Waals surface area contributed by atoms with Gasteiger partial charge < -0.3 is 15.0 Å². The number of nitrogens with zero attached hydrogens (tertiary/aromatic N) is 4. The first-order valence-corrected chi connectivity index (χ1v) is 8.15. The number of amides is 1. The largest absolute Gasteiger partial charge is 0.380 e. The number of carbonyl (C=O) groups is 1. The first-order chi connectivity index (χ1) is 12.2. The van der Waals surface area contributed by atoms with Crippen LogP contribution in [0.5, 0.6) is 0 Å². The Morgan fingerprint density at radius 1 is 1.40 bits per heavy atom. The Kier molecular flexibility index (Phi) is 4.04. The first-order valence-electron chi connectivity index (χ1n) is 8.15. The second-order valence-electron chi connectivity index (χ2n) is 6.49. The minimum atomic E-state index is -0.625. The number of nitrogens with one attached hydrogen (secondary N) is 1. The number of hydrogen-bond acceptors (Lipinski definition) is 6. The summed E-state index contributed by atoms with van der Waals surface area (Å²) >= 11 is 0. The molecule has 0 bridgehead atoms. The van der Waals surface area contributed by atoms with Gasteiger partial charge in [0.2, 0.25) is 11.9 Å². The lowest BCUT2D eigenvalue weighted by molar-refractivity contribution is -0.131. The van der Waals surface area contributed by atoms with E-state index in [4.69, 9.17) is 4.74 Å². The number of anilines is 1. The van der Waals surface area contributed by atoms with Crippen LogP contribution in [0.2, 0.25) is 0 Å². The number of rotatable bonds is 4. The number of hydrogen-bond donors (Lipinski definition) is 1. The van der Waals surface area contributed by atoms with Crippen LogP contribution < -0.4 is 10.2 Å². The highest BCUT2D eigenvalue weighted by Gasteiger charge is 2.56. The van der Waals surface area contributed by atoms with Gasteiger partial charge in [-0.15, -0.1) is 0 Å². The average molecular weight is 343 g/mol. The molecule has 4 rings (SSSR count). The number of halogens is 1. The van der Waals surface area contributed by atoms with Gasteiger partial charge in [-0.2, -0.15) is 0 Å². The molecule has 0 spiro atoms. The molecule has 2 aliphatic rings. The lowest BCUT2D eigenvalue weighted by Gasteiger charge is -2.25. The van der Waals surface area contributed by atoms with Crippen LogP contribution in [0.25, 0.3) is 0 Å². The minimum absolute atomic E-state index is 0.0385. The molecular formula is C17H18FN5O2. The van der Waals surface area contributed by atoms with Gasteiger partial charge in [-0.1, -0.05) is 6.07 Å². The van der Waals surface area contributed by atoms with E-state index in [9.17, 15) is 9.18 Å². The van der Waals surface area contributed by atoms with Gasteiger partial charge in [0.1, 0.15) is 0 Å². The van der Waals surface area contributed by atoms with E-state index < -0.39 is 11.2 Å². The maximum absolute atomic E-state index is 13.0. The number of aromatic nitrogens is 3. The summed E-state index contributed by atoms with van der Waals surface area (Å²) in [6.07, 6.45) is 5.71. The highest BCUT2D eigenvalue weighted by Crippen LogP contribution is 2.42. The van der Waals surface area contributed by atoms with Crippen molar-refractivity contribution in [1.82, 2.24) is 20.3 Å². The summed E-state index contributed by atoms with van der Waals surface area (Å²) in [5.41, 5.74) is 0.319. The number of ether oxygens (including phenoxy) is 1. The lowest BCUT2D eigenvalue weighted by atomic mass is 9.80. The molecule has 2 fully saturated rings. The van der Waals surface area contributed by atoms with Crippen molar-refractivity contribution < 1.29 is 13.9 Å². The first kappa shape index (κ1) is 15.9. The highest BCUT2D eigenvalue weighted by atomic mass is 19.1. The maximum atomic E-state index is 13.0. The van der Waals surface area contributed by atoms with Gasteiger partial charge in [0.05, 0.1) is 31.0 Å². The number of pyridine rings is 1. The van der Waals surface area contributed by atoms with E-state index in [1.807, 2.05) is 17.0 Å². The number of carbonyl (C=O) groups excluding carboxylic acids is 1. The summed E-state index contributed by atoms with van der Waals surface area (Å²) in [4.78, 5) is 27.0. The van der Waals surface area contributed by atoms with Crippen molar-refractivity contribution in [1.29, 1.82) is 0 Å². The van der Waals surface area contributed by atoms with Crippen LogP contribution in [-0.4, -0.2) is 47.2 Å². The Hall–Kier alpha value is -2.61. The van der Waals surface area contributed by atoms with Crippen molar-refractivity contribution in [3.8, 4) is 0 Å². The van der Waals surface area contributed by atoms with Gasteiger partial charge in [0.25, 0.3) is 0 Å². The summed E-state index contributed by atoms with van der Waals surface area (Å²) in [6.45, 7) is 2.40. The summed E-state index contributed by atoms with van der Waals surface area (Å²) in [5, 5.41) is 3.00. The Morgan fingerprint density at radius 2 is 2.24 bits per heavy atom. The molecule has 0 radical (unpaired) electrons. The van der Waals surface area contributed by atoms with E-state index in [0.717, 1.165) is 18.0 Å². The standard InChI is InChI=1S/C17H18FN5O2/c18-14-6-21-16(22-7-14)23-8-13-9-25-11-17(13,10-23)15(24)20-5-12-2-1-3-19-4-12/h1-4,6-7,13H,5,8-11H2,(H,20,24)/t13-,17-/m0/s1. The average Bonchev–Trinajstić information content (AvgIpc) is 3.19. The molecule has 1 N–H and O–H groups in total. The Balaban J connectivity index is 1.48. The summed E-state index contributed by atoms with van der Waals surface area (Å²) in [7, 11) is 0. The van der Waals surface area contributed by atoms with Crippen molar-refractivity contribution in [3.05, 3.63) is 48.3 Å². The molecule has 25 heavy (non-hydrogen) atoms. The molecule has 0 unspecified atom stereocenters. The van der Waals surface area contributed by atoms with Crippen LogP contribution in [0, 0.1) is 17.2 Å². The Morgan fingerprint density at radius 3 is 3.00 bits per heavy atom. The van der Waals surface area contributed by atoms with Crippen LogP contribution in [0.3, 0.4) is 0 Å². The van der Waals surface area contributed by atoms with Gasteiger partial charge in [0.15, 0.2) is 5.82 Å². The fourth-order valence-corrected chi connectivity index (χ4v) is 3.54. The SMILES string of the molecule is O=C(NCc1cccnc1)[C@@]12COC[C@@H]1CN(c1ncc(F)cn1)C2. The molecule has 7 nitrogen and oxygen atoms in total. The molecular weight excluding hydrogens is 325 g/mol. The molecule has 2 aromatic rings. The zero-order chi connectivity index (χ0) is 17.3. The molecule has 2 aromatic heterocycles. The predicted molar refractivity (Wildman–Crippen MR) is 87.0 cm³/mol. The van der Waals surface area contributed by atoms with Crippen LogP contribution >= 0.6 is 0 Å². The third-order valence-electron chi connectivity index (χ3n) is 4.89. The predicted octanol–water partition coefficient (Wildman–Crippen LogP) is 0.780. The second kappa shape index (κ2) is 6.36. The molecule has 2 aliphatic heterocycles. The molecule has 2 atom stereocenters. The van der Waals surface area contributed by atoms with E-state index in [1.54, 1.807) is 12.4 Å². The molecule has 4 heterocycles. The van der Waals surface area contributed by atoms with Crippen LogP contribution in [0.4, 0.5) is 10.3 Å². The third-order valence-corrected chi connectivity index (χ3v) is 4.89. The van der Waals surface area contributed by atoms with Gasteiger partial charge in [-0.3, -0.25) is 9.78 Å². The lowest BCUT2D eigenvalue weighted by Crippen LogP contribution is -2.46. The second-order valence-corrected chi connectivity index (χ2v) is 6.49. The summed E-state index contributed by atoms with van der Waals surface area (Å²) in [5.74, 6) is -0.0100. The van der Waals surface area contributed by atoms with Gasteiger partial charge in [-0.05, 0) is 11.6 Å². The van der Waals surface area contributed by atoms with Gasteiger partial charge in [-0.25, -0.2) is 14.4 Å². The maximum Gasteiger partial charge on any atom is 0.231 e. The highest BCUT2D eigenvalue weighted by molar-refractivity contribution is 5.85. The molecule has 130 valence electrons. The number of fused-ring (bicyclic) bond motifs is 1. The van der Waals surface area contributed by atoms with Crippen molar-refractivity contribution >= 4 is 11.9 Å². The van der Waals surface area contributed by atoms with Crippen molar-refractivity contribution in [3.63, 3.8) is 0 Å². The fourth-order valence-electron chi connectivity index (χ4n) is 3.54. The van der Waals surface area contributed by atoms with E-state index in [-0.39, 0.29) is 11.8 Å². The van der Waals surface area contributed by atoms with Crippen molar-refractivity contribution in [2.75, 3.05) is 31.2 Å². The monoisotopic (exact) mass is 343 g/mol. The molecule has 1 amide bonds. The molecule has 8 heteroatoms. The zero-order valence-electron chi connectivity index (χ0n) is 13.6. The Bertz CT molecular complexity index is 757. The quantitative estimate of drug-likeness (QED) is 0.884. The van der Waals surface area contributed by atoms with Gasteiger partial charge in [0, 0.05) is 37.9 Å². The molecule has 0 aromatic carbocycles. The fraction of sp³-hybridized carbons (Fsp3) is 0.412. The third kappa shape index (κ3) is 2.93. The summed E-state index contributed by atoms with van der Waals surface area (Å²) in [6, 6.07) is 3.76.